The maximum absolute atomic E-state index is 13.1. The van der Waals surface area contributed by atoms with Crippen LogP contribution < -0.4 is 5.32 Å². The Morgan fingerprint density at radius 1 is 0.906 bits per heavy atom. The predicted octanol–water partition coefficient (Wildman–Crippen LogP) is 5.38. The maximum atomic E-state index is 13.1. The number of likely N-dealkylation sites (tertiary alicyclic amines) is 1. The van der Waals surface area contributed by atoms with E-state index in [2.05, 4.69) is 28.4 Å². The fourth-order valence-corrected chi connectivity index (χ4v) is 4.95. The number of carbonyl (C=O) groups excluding carboxylic acids is 1. The first-order chi connectivity index (χ1) is 15.6. The van der Waals surface area contributed by atoms with Crippen LogP contribution in [-0.4, -0.2) is 29.9 Å². The standard InChI is InChI=1S/C28H29FN2O/c29-26-12-9-22(10-13-26)21-5-7-23(8-6-21)28(32)30-27-14-11-24-17-20(3-4-25(24)18-27)19-31-15-1-2-16-31/h3-10,12-13,17,27H,1-2,11,14-16,18-19H2,(H,30,32)/t27-/m0/s1. The van der Waals surface area contributed by atoms with Crippen molar-refractivity contribution in [2.45, 2.75) is 44.7 Å². The molecule has 1 atom stereocenters. The molecule has 1 heterocycles. The second-order valence-corrected chi connectivity index (χ2v) is 9.08. The lowest BCUT2D eigenvalue weighted by molar-refractivity contribution is 0.0933. The Labute approximate surface area is 189 Å². The molecule has 4 heteroatoms. The molecule has 1 aliphatic carbocycles. The minimum atomic E-state index is -0.249. The van der Waals surface area contributed by atoms with E-state index >= 15 is 0 Å². The minimum Gasteiger partial charge on any atom is -0.349 e. The van der Waals surface area contributed by atoms with Crippen molar-refractivity contribution in [1.82, 2.24) is 10.2 Å². The van der Waals surface area contributed by atoms with Crippen molar-refractivity contribution < 1.29 is 9.18 Å². The maximum Gasteiger partial charge on any atom is 0.251 e. The molecule has 0 saturated carbocycles. The van der Waals surface area contributed by atoms with Crippen molar-refractivity contribution >= 4 is 5.91 Å². The number of fused-ring (bicyclic) bond motifs is 1. The van der Waals surface area contributed by atoms with Crippen LogP contribution in [-0.2, 0) is 19.4 Å². The molecule has 164 valence electrons. The molecule has 1 amide bonds. The van der Waals surface area contributed by atoms with E-state index in [-0.39, 0.29) is 17.8 Å². The summed E-state index contributed by atoms with van der Waals surface area (Å²) in [6, 6.07) is 21.0. The van der Waals surface area contributed by atoms with E-state index in [9.17, 15) is 9.18 Å². The summed E-state index contributed by atoms with van der Waals surface area (Å²) in [5.74, 6) is -0.281. The Kier molecular flexibility index (Phi) is 6.04. The number of carbonyl (C=O) groups is 1. The normalized spacial score (nSPS) is 18.3. The molecule has 1 aliphatic heterocycles. The summed E-state index contributed by atoms with van der Waals surface area (Å²) in [7, 11) is 0. The van der Waals surface area contributed by atoms with Gasteiger partial charge in [-0.05, 0) is 97.3 Å². The average Bonchev–Trinajstić information content (AvgIpc) is 3.33. The first-order valence-electron chi connectivity index (χ1n) is 11.6. The van der Waals surface area contributed by atoms with Gasteiger partial charge in [0, 0.05) is 18.2 Å². The van der Waals surface area contributed by atoms with Gasteiger partial charge in [0.15, 0.2) is 0 Å². The van der Waals surface area contributed by atoms with Crippen molar-refractivity contribution in [2.24, 2.45) is 0 Å². The van der Waals surface area contributed by atoms with Crippen molar-refractivity contribution in [3.63, 3.8) is 0 Å². The predicted molar refractivity (Wildman–Crippen MR) is 126 cm³/mol. The molecule has 3 aromatic carbocycles. The molecule has 0 bridgehead atoms. The number of benzene rings is 3. The van der Waals surface area contributed by atoms with Crippen LogP contribution in [0.15, 0.2) is 66.7 Å². The number of aryl methyl sites for hydroxylation is 1. The average molecular weight is 429 g/mol. The van der Waals surface area contributed by atoms with Crippen molar-refractivity contribution in [2.75, 3.05) is 13.1 Å². The molecule has 0 unspecified atom stereocenters. The van der Waals surface area contributed by atoms with Gasteiger partial charge in [0.2, 0.25) is 0 Å². The zero-order valence-corrected chi connectivity index (χ0v) is 18.3. The van der Waals surface area contributed by atoms with E-state index in [1.165, 1.54) is 54.8 Å². The number of nitrogens with one attached hydrogen (secondary N) is 1. The number of nitrogens with zero attached hydrogens (tertiary/aromatic N) is 1. The van der Waals surface area contributed by atoms with Crippen molar-refractivity contribution in [3.8, 4) is 11.1 Å². The van der Waals surface area contributed by atoms with Gasteiger partial charge in [0.1, 0.15) is 5.82 Å². The van der Waals surface area contributed by atoms with Gasteiger partial charge in [0.25, 0.3) is 5.91 Å². The Balaban J connectivity index is 1.20. The van der Waals surface area contributed by atoms with Crippen LogP contribution in [0.3, 0.4) is 0 Å². The molecule has 2 aliphatic rings. The van der Waals surface area contributed by atoms with Gasteiger partial charge < -0.3 is 5.32 Å². The summed E-state index contributed by atoms with van der Waals surface area (Å²) in [5.41, 5.74) is 6.77. The summed E-state index contributed by atoms with van der Waals surface area (Å²) in [4.78, 5) is 15.3. The van der Waals surface area contributed by atoms with Gasteiger partial charge in [-0.2, -0.15) is 0 Å². The third-order valence-corrected chi connectivity index (χ3v) is 6.76. The fraction of sp³-hybridized carbons (Fsp3) is 0.321. The van der Waals surface area contributed by atoms with Crippen LogP contribution in [0, 0.1) is 5.82 Å². The van der Waals surface area contributed by atoms with Gasteiger partial charge in [-0.25, -0.2) is 4.39 Å². The van der Waals surface area contributed by atoms with E-state index in [4.69, 9.17) is 0 Å². The highest BCUT2D eigenvalue weighted by Gasteiger charge is 2.21. The SMILES string of the molecule is O=C(N[C@H]1CCc2cc(CN3CCCC3)ccc2C1)c1ccc(-c2ccc(F)cc2)cc1. The number of hydrogen-bond donors (Lipinski definition) is 1. The summed E-state index contributed by atoms with van der Waals surface area (Å²) in [5, 5.41) is 3.22. The Morgan fingerprint density at radius 3 is 2.31 bits per heavy atom. The van der Waals surface area contributed by atoms with Gasteiger partial charge >= 0.3 is 0 Å². The Hall–Kier alpha value is -2.98. The molecule has 3 aromatic rings. The van der Waals surface area contributed by atoms with Gasteiger partial charge in [-0.3, -0.25) is 9.69 Å². The fourth-order valence-electron chi connectivity index (χ4n) is 4.95. The van der Waals surface area contributed by atoms with Crippen LogP contribution in [0.1, 0.15) is 46.3 Å². The third-order valence-electron chi connectivity index (χ3n) is 6.76. The second kappa shape index (κ2) is 9.25. The first-order valence-corrected chi connectivity index (χ1v) is 11.6. The molecule has 32 heavy (non-hydrogen) atoms. The smallest absolute Gasteiger partial charge is 0.251 e. The first kappa shape index (κ1) is 20.9. The van der Waals surface area contributed by atoms with Crippen molar-refractivity contribution in [3.05, 3.63) is 94.8 Å². The van der Waals surface area contributed by atoms with E-state index in [1.807, 2.05) is 24.3 Å². The number of halogens is 1. The number of hydrogen-bond acceptors (Lipinski definition) is 2. The molecule has 5 rings (SSSR count). The van der Waals surface area contributed by atoms with Gasteiger partial charge in [-0.15, -0.1) is 0 Å². The molecular formula is C28H29FN2O. The zero-order valence-electron chi connectivity index (χ0n) is 18.3. The second-order valence-electron chi connectivity index (χ2n) is 9.08. The van der Waals surface area contributed by atoms with Crippen molar-refractivity contribution in [1.29, 1.82) is 0 Å². The number of rotatable bonds is 5. The molecule has 3 nitrogen and oxygen atoms in total. The molecule has 1 fully saturated rings. The summed E-state index contributed by atoms with van der Waals surface area (Å²) in [6.07, 6.45) is 5.51. The Morgan fingerprint density at radius 2 is 1.59 bits per heavy atom. The summed E-state index contributed by atoms with van der Waals surface area (Å²) >= 11 is 0. The monoisotopic (exact) mass is 428 g/mol. The molecule has 1 saturated heterocycles. The van der Waals surface area contributed by atoms with Gasteiger partial charge in [0.05, 0.1) is 0 Å². The highest BCUT2D eigenvalue weighted by atomic mass is 19.1. The van der Waals surface area contributed by atoms with Crippen LogP contribution in [0.2, 0.25) is 0 Å². The quantitative estimate of drug-likeness (QED) is 0.592. The van der Waals surface area contributed by atoms with E-state index in [1.54, 1.807) is 12.1 Å². The molecule has 1 N–H and O–H groups in total. The highest BCUT2D eigenvalue weighted by Crippen LogP contribution is 2.25. The van der Waals surface area contributed by atoms with Gasteiger partial charge in [-0.1, -0.05) is 42.5 Å². The largest absolute Gasteiger partial charge is 0.349 e. The minimum absolute atomic E-state index is 0.0326. The highest BCUT2D eigenvalue weighted by molar-refractivity contribution is 5.94. The number of amides is 1. The topological polar surface area (TPSA) is 32.3 Å². The van der Waals surface area contributed by atoms with Crippen LogP contribution in [0.5, 0.6) is 0 Å². The molecule has 0 spiro atoms. The molecule has 0 radical (unpaired) electrons. The van der Waals surface area contributed by atoms with Crippen LogP contribution in [0.4, 0.5) is 4.39 Å². The molecular weight excluding hydrogens is 399 g/mol. The molecule has 0 aromatic heterocycles. The van der Waals surface area contributed by atoms with Crippen LogP contribution >= 0.6 is 0 Å². The summed E-state index contributed by atoms with van der Waals surface area (Å²) in [6.45, 7) is 3.49. The zero-order chi connectivity index (χ0) is 21.9. The lowest BCUT2D eigenvalue weighted by atomic mass is 9.87. The van der Waals surface area contributed by atoms with E-state index in [0.29, 0.717) is 5.56 Å². The Bertz CT molecular complexity index is 1090. The van der Waals surface area contributed by atoms with E-state index in [0.717, 1.165) is 36.9 Å². The van der Waals surface area contributed by atoms with E-state index < -0.39 is 0 Å². The van der Waals surface area contributed by atoms with Crippen LogP contribution in [0.25, 0.3) is 11.1 Å². The third kappa shape index (κ3) is 4.76. The summed E-state index contributed by atoms with van der Waals surface area (Å²) < 4.78 is 13.1. The lowest BCUT2D eigenvalue weighted by Gasteiger charge is -2.26. The lowest BCUT2D eigenvalue weighted by Crippen LogP contribution is -2.38.